The van der Waals surface area contributed by atoms with Gasteiger partial charge in [-0.05, 0) is 47.8 Å². The number of rotatable bonds is 3. The predicted molar refractivity (Wildman–Crippen MR) is 92.9 cm³/mol. The minimum Gasteiger partial charge on any atom is -0.1000 e. The van der Waals surface area contributed by atoms with Crippen molar-refractivity contribution in [3.8, 4) is 0 Å². The van der Waals surface area contributed by atoms with Crippen LogP contribution in [0.1, 0.15) is 31.2 Å². The van der Waals surface area contributed by atoms with Gasteiger partial charge in [0.1, 0.15) is 14.5 Å². The van der Waals surface area contributed by atoms with Crippen LogP contribution in [0.4, 0.5) is 0 Å². The van der Waals surface area contributed by atoms with E-state index in [9.17, 15) is 0 Å². The molecule has 18 heavy (non-hydrogen) atoms. The molecule has 0 N–H and O–H groups in total. The number of hydrogen-bond donors (Lipinski definition) is 0. The smallest absolute Gasteiger partial charge is 0.1000 e. The van der Waals surface area contributed by atoms with Crippen molar-refractivity contribution >= 4 is 117 Å². The molecule has 0 heterocycles. The fourth-order valence-electron chi connectivity index (χ4n) is 1.30. The molecule has 0 radical (unpaired) electrons. The van der Waals surface area contributed by atoms with Gasteiger partial charge < -0.3 is 0 Å². The summed E-state index contributed by atoms with van der Waals surface area (Å²) >= 11 is 45.8. The fourth-order valence-corrected chi connectivity index (χ4v) is 7.55. The number of hydrogen-bond acceptors (Lipinski definition) is 0. The molecule has 0 atom stereocenters. The lowest BCUT2D eigenvalue weighted by Gasteiger charge is -2.21. The maximum Gasteiger partial charge on any atom is 0.135 e. The molecule has 0 bridgehead atoms. The maximum atomic E-state index is 5.94. The van der Waals surface area contributed by atoms with Crippen molar-refractivity contribution < 1.29 is 0 Å². The number of alkyl halides is 6. The monoisotopic (exact) mass is 558 g/mol. The minimum atomic E-state index is -0.793. The summed E-state index contributed by atoms with van der Waals surface area (Å²) in [6.45, 7) is 0. The van der Waals surface area contributed by atoms with Crippen LogP contribution in [0.2, 0.25) is 0 Å². The first-order valence-electron chi connectivity index (χ1n) is 4.24. The summed E-state index contributed by atoms with van der Waals surface area (Å²) in [5.74, 6) is 0. The summed E-state index contributed by atoms with van der Waals surface area (Å²) in [6, 6.07) is 0. The standard InChI is InChI=1S/C9H3Br3Cl6/c10-4-1(7(13)14)5(11)3(9(17)18)6(12)2(4)8(15)16/h7-9H. The van der Waals surface area contributed by atoms with Gasteiger partial charge in [0.15, 0.2) is 0 Å². The Balaban J connectivity index is 3.76. The Labute approximate surface area is 160 Å². The zero-order valence-electron chi connectivity index (χ0n) is 8.13. The van der Waals surface area contributed by atoms with Crippen molar-refractivity contribution in [1.82, 2.24) is 0 Å². The van der Waals surface area contributed by atoms with Crippen LogP contribution in [0, 0.1) is 0 Å². The molecule has 102 valence electrons. The van der Waals surface area contributed by atoms with Crippen LogP contribution >= 0.6 is 117 Å². The molecule has 0 aliphatic rings. The Morgan fingerprint density at radius 1 is 0.500 bits per heavy atom. The highest BCUT2D eigenvalue weighted by Gasteiger charge is 2.28. The molecule has 1 aromatic carbocycles. The third kappa shape index (κ3) is 3.78. The summed E-state index contributed by atoms with van der Waals surface area (Å²) in [4.78, 5) is -2.38. The largest absolute Gasteiger partial charge is 0.135 e. The highest BCUT2D eigenvalue weighted by atomic mass is 79.9. The van der Waals surface area contributed by atoms with Crippen molar-refractivity contribution in [3.63, 3.8) is 0 Å². The number of benzene rings is 1. The van der Waals surface area contributed by atoms with Gasteiger partial charge in [0.05, 0.1) is 0 Å². The lowest BCUT2D eigenvalue weighted by molar-refractivity contribution is 1.14. The molecule has 0 aliphatic heterocycles. The summed E-state index contributed by atoms with van der Waals surface area (Å²) in [5, 5.41) is 0. The zero-order chi connectivity index (χ0) is 14.2. The molecule has 0 saturated heterocycles. The average molecular weight is 564 g/mol. The fraction of sp³-hybridized carbons (Fsp3) is 0.333. The third-order valence-electron chi connectivity index (χ3n) is 2.07. The second kappa shape index (κ2) is 7.60. The lowest BCUT2D eigenvalue weighted by atomic mass is 10.1. The molecule has 0 aliphatic carbocycles. The van der Waals surface area contributed by atoms with E-state index in [4.69, 9.17) is 69.6 Å². The molecule has 0 saturated carbocycles. The van der Waals surface area contributed by atoms with Crippen molar-refractivity contribution in [2.45, 2.75) is 14.5 Å². The molecular formula is C9H3Br3Cl6. The molecule has 1 rings (SSSR count). The molecule has 9 heteroatoms. The van der Waals surface area contributed by atoms with Crippen LogP contribution < -0.4 is 0 Å². The van der Waals surface area contributed by atoms with Crippen LogP contribution in [0.15, 0.2) is 13.4 Å². The van der Waals surface area contributed by atoms with Crippen LogP contribution in [0.25, 0.3) is 0 Å². The molecule has 0 spiro atoms. The van der Waals surface area contributed by atoms with Crippen LogP contribution in [-0.4, -0.2) is 0 Å². The van der Waals surface area contributed by atoms with Crippen molar-refractivity contribution in [2.75, 3.05) is 0 Å². The lowest BCUT2D eigenvalue weighted by Crippen LogP contribution is -2.01. The third-order valence-corrected chi connectivity index (χ3v) is 5.95. The summed E-state index contributed by atoms with van der Waals surface area (Å²) in [6.07, 6.45) is 0. The van der Waals surface area contributed by atoms with E-state index in [2.05, 4.69) is 47.8 Å². The highest BCUT2D eigenvalue weighted by molar-refractivity contribution is 9.11. The summed E-state index contributed by atoms with van der Waals surface area (Å²) < 4.78 is 1.80. The molecule has 0 nitrogen and oxygen atoms in total. The van der Waals surface area contributed by atoms with E-state index in [0.717, 1.165) is 0 Å². The van der Waals surface area contributed by atoms with Crippen LogP contribution in [0.5, 0.6) is 0 Å². The van der Waals surface area contributed by atoms with Gasteiger partial charge >= 0.3 is 0 Å². The van der Waals surface area contributed by atoms with Gasteiger partial charge in [0.2, 0.25) is 0 Å². The van der Waals surface area contributed by atoms with E-state index < -0.39 is 14.5 Å². The van der Waals surface area contributed by atoms with Crippen molar-refractivity contribution in [1.29, 1.82) is 0 Å². The van der Waals surface area contributed by atoms with Crippen LogP contribution in [-0.2, 0) is 0 Å². The SMILES string of the molecule is ClC(Cl)c1c(Br)c(C(Cl)Cl)c(Br)c(C(Cl)Cl)c1Br. The van der Waals surface area contributed by atoms with Gasteiger partial charge in [-0.3, -0.25) is 0 Å². The zero-order valence-corrected chi connectivity index (χ0v) is 17.4. The number of halogens is 9. The minimum absolute atomic E-state index is 0.573. The predicted octanol–water partition coefficient (Wildman–Crippen LogP) is 8.40. The van der Waals surface area contributed by atoms with Gasteiger partial charge in [-0.15, -0.1) is 0 Å². The van der Waals surface area contributed by atoms with E-state index in [1.807, 2.05) is 0 Å². The highest BCUT2D eigenvalue weighted by Crippen LogP contribution is 2.51. The average Bonchev–Trinajstić information content (AvgIpc) is 2.14. The molecular weight excluding hydrogens is 561 g/mol. The Morgan fingerprint density at radius 3 is 0.778 bits per heavy atom. The molecule has 0 fully saturated rings. The summed E-state index contributed by atoms with van der Waals surface area (Å²) in [5.41, 5.74) is 1.72. The van der Waals surface area contributed by atoms with E-state index in [0.29, 0.717) is 30.1 Å². The van der Waals surface area contributed by atoms with E-state index in [1.165, 1.54) is 0 Å². The van der Waals surface area contributed by atoms with E-state index in [-0.39, 0.29) is 0 Å². The Bertz CT molecular complexity index is 372. The van der Waals surface area contributed by atoms with E-state index >= 15 is 0 Å². The molecule has 0 unspecified atom stereocenters. The first-order chi connectivity index (χ1) is 8.20. The Morgan fingerprint density at radius 2 is 0.667 bits per heavy atom. The van der Waals surface area contributed by atoms with Gasteiger partial charge in [0.25, 0.3) is 0 Å². The Kier molecular flexibility index (Phi) is 7.79. The quantitative estimate of drug-likeness (QED) is 0.324. The van der Waals surface area contributed by atoms with Crippen LogP contribution in [0.3, 0.4) is 0 Å². The topological polar surface area (TPSA) is 0 Å². The Hall–Kier alpha value is 2.40. The second-order valence-electron chi connectivity index (χ2n) is 3.09. The normalized spacial score (nSPS) is 12.0. The van der Waals surface area contributed by atoms with Crippen molar-refractivity contribution in [3.05, 3.63) is 30.1 Å². The first-order valence-corrected chi connectivity index (χ1v) is 9.24. The maximum absolute atomic E-state index is 5.94. The van der Waals surface area contributed by atoms with E-state index in [1.54, 1.807) is 0 Å². The second-order valence-corrected chi connectivity index (χ2v) is 8.75. The van der Waals surface area contributed by atoms with Gasteiger partial charge in [-0.1, -0.05) is 69.6 Å². The van der Waals surface area contributed by atoms with Crippen molar-refractivity contribution in [2.24, 2.45) is 0 Å². The van der Waals surface area contributed by atoms with Gasteiger partial charge in [-0.2, -0.15) is 0 Å². The van der Waals surface area contributed by atoms with Gasteiger partial charge in [-0.25, -0.2) is 0 Å². The van der Waals surface area contributed by atoms with Gasteiger partial charge in [0, 0.05) is 30.1 Å². The first kappa shape index (κ1) is 18.4. The molecule has 0 amide bonds. The molecule has 0 aromatic heterocycles. The summed E-state index contributed by atoms with van der Waals surface area (Å²) in [7, 11) is 0. The molecule has 1 aromatic rings.